The number of hydrogen-bond donors (Lipinski definition) is 2. The summed E-state index contributed by atoms with van der Waals surface area (Å²) in [6.07, 6.45) is -0.337. The van der Waals surface area contributed by atoms with E-state index in [0.29, 0.717) is 11.6 Å². The van der Waals surface area contributed by atoms with Gasteiger partial charge < -0.3 is 15.2 Å². The fraction of sp³-hybridized carbons (Fsp3) is 0.571. The van der Waals surface area contributed by atoms with Crippen molar-refractivity contribution in [1.82, 2.24) is 5.32 Å². The van der Waals surface area contributed by atoms with E-state index < -0.39 is 6.36 Å². The number of hydrogen-bond acceptors (Lipinski definition) is 3. The summed E-state index contributed by atoms with van der Waals surface area (Å²) in [6, 6.07) is 5.70. The van der Waals surface area contributed by atoms with Crippen LogP contribution in [0.2, 0.25) is 0 Å². The van der Waals surface area contributed by atoms with Gasteiger partial charge in [-0.2, -0.15) is 0 Å². The van der Waals surface area contributed by atoms with Crippen molar-refractivity contribution < 1.29 is 23.0 Å². The third-order valence-electron chi connectivity index (χ3n) is 3.47. The predicted octanol–water partition coefficient (Wildman–Crippen LogP) is 3.15. The summed E-state index contributed by atoms with van der Waals surface area (Å²) in [6.45, 7) is -0.161. The molecule has 0 heterocycles. The SMILES string of the molecule is OCC(NC1CCCC1)c1cccc(OC(F)(F)F)c1. The molecule has 1 unspecified atom stereocenters. The first kappa shape index (κ1) is 15.1. The molecule has 1 aromatic rings. The zero-order chi connectivity index (χ0) is 14.6. The maximum absolute atomic E-state index is 12.2. The highest BCUT2D eigenvalue weighted by Gasteiger charge is 2.31. The maximum atomic E-state index is 12.2. The topological polar surface area (TPSA) is 41.5 Å². The van der Waals surface area contributed by atoms with Gasteiger partial charge in [0.15, 0.2) is 0 Å². The van der Waals surface area contributed by atoms with Crippen molar-refractivity contribution in [1.29, 1.82) is 0 Å². The Bertz CT molecular complexity index is 431. The second kappa shape index (κ2) is 6.45. The van der Waals surface area contributed by atoms with Crippen molar-refractivity contribution in [3.63, 3.8) is 0 Å². The van der Waals surface area contributed by atoms with Crippen LogP contribution in [0.4, 0.5) is 13.2 Å². The Kier molecular flexibility index (Phi) is 4.88. The van der Waals surface area contributed by atoms with Crippen LogP contribution in [0.1, 0.15) is 37.3 Å². The average molecular weight is 289 g/mol. The lowest BCUT2D eigenvalue weighted by atomic mass is 10.1. The summed E-state index contributed by atoms with van der Waals surface area (Å²) in [5.74, 6) is -0.262. The van der Waals surface area contributed by atoms with E-state index in [1.54, 1.807) is 6.07 Å². The molecule has 6 heteroatoms. The Morgan fingerprint density at radius 1 is 1.30 bits per heavy atom. The number of benzene rings is 1. The fourth-order valence-electron chi connectivity index (χ4n) is 2.56. The standard InChI is InChI=1S/C14H18F3NO2/c15-14(16,17)20-12-7-3-4-10(8-12)13(9-19)18-11-5-1-2-6-11/h3-4,7-8,11,13,18-19H,1-2,5-6,9H2. The molecule has 112 valence electrons. The first-order valence-electron chi connectivity index (χ1n) is 6.70. The number of aliphatic hydroxyl groups is 1. The number of rotatable bonds is 5. The summed E-state index contributed by atoms with van der Waals surface area (Å²) in [5.41, 5.74) is 0.598. The maximum Gasteiger partial charge on any atom is 0.573 e. The molecular weight excluding hydrogens is 271 g/mol. The highest BCUT2D eigenvalue weighted by molar-refractivity contribution is 5.31. The third-order valence-corrected chi connectivity index (χ3v) is 3.47. The van der Waals surface area contributed by atoms with Gasteiger partial charge in [0.25, 0.3) is 0 Å². The molecule has 1 atom stereocenters. The van der Waals surface area contributed by atoms with E-state index in [1.165, 1.54) is 18.2 Å². The van der Waals surface area contributed by atoms with Gasteiger partial charge in [-0.05, 0) is 30.5 Å². The number of alkyl halides is 3. The molecule has 1 saturated carbocycles. The van der Waals surface area contributed by atoms with Crippen LogP contribution in [0.25, 0.3) is 0 Å². The van der Waals surface area contributed by atoms with Gasteiger partial charge in [0.1, 0.15) is 5.75 Å². The predicted molar refractivity (Wildman–Crippen MR) is 68.3 cm³/mol. The van der Waals surface area contributed by atoms with Crippen LogP contribution in [0.5, 0.6) is 5.75 Å². The quantitative estimate of drug-likeness (QED) is 0.875. The zero-order valence-corrected chi connectivity index (χ0v) is 11.0. The smallest absolute Gasteiger partial charge is 0.406 e. The molecule has 1 aliphatic carbocycles. The molecule has 3 nitrogen and oxygen atoms in total. The largest absolute Gasteiger partial charge is 0.573 e. The van der Waals surface area contributed by atoms with Crippen molar-refractivity contribution in [2.75, 3.05) is 6.61 Å². The van der Waals surface area contributed by atoms with Gasteiger partial charge in [-0.3, -0.25) is 0 Å². The minimum atomic E-state index is -4.70. The van der Waals surface area contributed by atoms with Gasteiger partial charge in [0.2, 0.25) is 0 Å². The zero-order valence-electron chi connectivity index (χ0n) is 11.0. The lowest BCUT2D eigenvalue weighted by Gasteiger charge is -2.22. The summed E-state index contributed by atoms with van der Waals surface area (Å²) >= 11 is 0. The van der Waals surface area contributed by atoms with Crippen LogP contribution in [0.3, 0.4) is 0 Å². The summed E-state index contributed by atoms with van der Waals surface area (Å²) in [4.78, 5) is 0. The summed E-state index contributed by atoms with van der Waals surface area (Å²) in [7, 11) is 0. The van der Waals surface area contributed by atoms with Crippen molar-refractivity contribution in [2.45, 2.75) is 44.1 Å². The van der Waals surface area contributed by atoms with Crippen LogP contribution >= 0.6 is 0 Å². The van der Waals surface area contributed by atoms with Gasteiger partial charge in [-0.1, -0.05) is 25.0 Å². The molecular formula is C14H18F3NO2. The number of aliphatic hydroxyl groups excluding tert-OH is 1. The lowest BCUT2D eigenvalue weighted by molar-refractivity contribution is -0.274. The van der Waals surface area contributed by atoms with E-state index in [2.05, 4.69) is 10.1 Å². The molecule has 0 radical (unpaired) electrons. The molecule has 1 fully saturated rings. The molecule has 0 aliphatic heterocycles. The van der Waals surface area contributed by atoms with Crippen molar-refractivity contribution >= 4 is 0 Å². The molecule has 1 aliphatic rings. The Hall–Kier alpha value is -1.27. The molecule has 20 heavy (non-hydrogen) atoms. The fourth-order valence-corrected chi connectivity index (χ4v) is 2.56. The highest BCUT2D eigenvalue weighted by atomic mass is 19.4. The molecule has 2 rings (SSSR count). The van der Waals surface area contributed by atoms with Gasteiger partial charge in [0, 0.05) is 6.04 Å². The molecule has 0 saturated heterocycles. The van der Waals surface area contributed by atoms with Gasteiger partial charge >= 0.3 is 6.36 Å². The van der Waals surface area contributed by atoms with Crippen molar-refractivity contribution in [3.8, 4) is 5.75 Å². The van der Waals surface area contributed by atoms with E-state index >= 15 is 0 Å². The van der Waals surface area contributed by atoms with Crippen LogP contribution in [0.15, 0.2) is 24.3 Å². The van der Waals surface area contributed by atoms with Crippen molar-refractivity contribution in [3.05, 3.63) is 29.8 Å². The number of nitrogens with one attached hydrogen (secondary N) is 1. The van der Waals surface area contributed by atoms with E-state index in [-0.39, 0.29) is 18.4 Å². The number of halogens is 3. The van der Waals surface area contributed by atoms with Gasteiger partial charge in [-0.25, -0.2) is 0 Å². The second-order valence-electron chi connectivity index (χ2n) is 5.00. The Balaban J connectivity index is 2.06. The Morgan fingerprint density at radius 3 is 2.60 bits per heavy atom. The lowest BCUT2D eigenvalue weighted by Crippen LogP contribution is -2.32. The van der Waals surface area contributed by atoms with Crippen LogP contribution in [-0.4, -0.2) is 24.1 Å². The molecule has 0 amide bonds. The highest BCUT2D eigenvalue weighted by Crippen LogP contribution is 2.27. The van der Waals surface area contributed by atoms with Crippen LogP contribution in [-0.2, 0) is 0 Å². The van der Waals surface area contributed by atoms with E-state index in [1.807, 2.05) is 0 Å². The minimum absolute atomic E-state index is 0.161. The minimum Gasteiger partial charge on any atom is -0.406 e. The Labute approximate surface area is 115 Å². The molecule has 0 aromatic heterocycles. The van der Waals surface area contributed by atoms with Gasteiger partial charge in [0.05, 0.1) is 12.6 Å². The molecule has 0 bridgehead atoms. The molecule has 0 spiro atoms. The Morgan fingerprint density at radius 2 is 2.00 bits per heavy atom. The first-order valence-corrected chi connectivity index (χ1v) is 6.70. The van der Waals surface area contributed by atoms with Crippen LogP contribution in [0, 0.1) is 0 Å². The average Bonchev–Trinajstić information content (AvgIpc) is 2.87. The van der Waals surface area contributed by atoms with E-state index in [4.69, 9.17) is 0 Å². The van der Waals surface area contributed by atoms with E-state index in [0.717, 1.165) is 25.7 Å². The number of ether oxygens (including phenoxy) is 1. The van der Waals surface area contributed by atoms with Gasteiger partial charge in [-0.15, -0.1) is 13.2 Å². The monoisotopic (exact) mass is 289 g/mol. The third kappa shape index (κ3) is 4.38. The van der Waals surface area contributed by atoms with Crippen LogP contribution < -0.4 is 10.1 Å². The summed E-state index contributed by atoms with van der Waals surface area (Å²) < 4.78 is 40.5. The first-order chi connectivity index (χ1) is 9.48. The normalized spacial score (nSPS) is 18.2. The van der Waals surface area contributed by atoms with Crippen molar-refractivity contribution in [2.24, 2.45) is 0 Å². The molecule has 2 N–H and O–H groups in total. The van der Waals surface area contributed by atoms with E-state index in [9.17, 15) is 18.3 Å². The summed E-state index contributed by atoms with van der Waals surface area (Å²) in [5, 5.41) is 12.7. The second-order valence-corrected chi connectivity index (χ2v) is 5.00. The molecule has 1 aromatic carbocycles.